The molecule has 18 heavy (non-hydrogen) atoms. The van der Waals surface area contributed by atoms with Gasteiger partial charge in [-0.2, -0.15) is 0 Å². The summed E-state index contributed by atoms with van der Waals surface area (Å²) in [5.41, 5.74) is 1.02. The molecule has 1 aromatic carbocycles. The summed E-state index contributed by atoms with van der Waals surface area (Å²) in [5, 5.41) is 16.6. The van der Waals surface area contributed by atoms with E-state index in [0.29, 0.717) is 6.42 Å². The molecule has 0 unspecified atom stereocenters. The average Bonchev–Trinajstić information content (AvgIpc) is 2.84. The minimum Gasteiger partial charge on any atom is -0.481 e. The van der Waals surface area contributed by atoms with Crippen LogP contribution in [0.4, 0.5) is 0 Å². The number of carboxylic acid groups (broad SMARTS) is 1. The van der Waals surface area contributed by atoms with Gasteiger partial charge in [0.05, 0.1) is 0 Å². The number of rotatable bonds is 6. The lowest BCUT2D eigenvalue weighted by atomic mass is 10.2. The molecule has 0 amide bonds. The highest BCUT2D eigenvalue weighted by atomic mass is 16.4. The number of unbranched alkanes of at least 4 members (excludes halogenated alkanes) is 1. The summed E-state index contributed by atoms with van der Waals surface area (Å²) in [7, 11) is 0. The number of aromatic nitrogens is 3. The van der Waals surface area contributed by atoms with Gasteiger partial charge in [0.1, 0.15) is 12.2 Å². The van der Waals surface area contributed by atoms with Gasteiger partial charge in [0.15, 0.2) is 0 Å². The summed E-state index contributed by atoms with van der Waals surface area (Å²) in [6.45, 7) is 0. The van der Waals surface area contributed by atoms with Gasteiger partial charge in [-0.15, -0.1) is 10.2 Å². The summed E-state index contributed by atoms with van der Waals surface area (Å²) >= 11 is 0. The van der Waals surface area contributed by atoms with Crippen molar-refractivity contribution in [3.05, 3.63) is 42.5 Å². The van der Waals surface area contributed by atoms with Crippen LogP contribution in [0.15, 0.2) is 36.7 Å². The number of hydrogen-bond acceptors (Lipinski definition) is 3. The van der Waals surface area contributed by atoms with Crippen LogP contribution in [-0.2, 0) is 11.2 Å². The molecule has 0 saturated carbocycles. The third-order valence-electron chi connectivity index (χ3n) is 2.69. The van der Waals surface area contributed by atoms with E-state index < -0.39 is 5.97 Å². The molecule has 1 aromatic heterocycles. The Kier molecular flexibility index (Phi) is 4.06. The van der Waals surface area contributed by atoms with Gasteiger partial charge in [-0.05, 0) is 25.0 Å². The molecule has 0 aliphatic heterocycles. The number of aryl methyl sites for hydroxylation is 1. The van der Waals surface area contributed by atoms with Crippen LogP contribution in [0.2, 0.25) is 0 Å². The lowest BCUT2D eigenvalue weighted by Crippen LogP contribution is -2.01. The molecule has 2 aromatic rings. The van der Waals surface area contributed by atoms with Gasteiger partial charge >= 0.3 is 5.97 Å². The Bertz CT molecular complexity index is 508. The molecule has 0 fully saturated rings. The van der Waals surface area contributed by atoms with Crippen molar-refractivity contribution in [2.75, 3.05) is 0 Å². The monoisotopic (exact) mass is 245 g/mol. The molecule has 0 radical (unpaired) electrons. The molecule has 0 atom stereocenters. The maximum absolute atomic E-state index is 10.4. The molecule has 1 heterocycles. The number of para-hydroxylation sites is 1. The van der Waals surface area contributed by atoms with Gasteiger partial charge in [0.2, 0.25) is 0 Å². The highest BCUT2D eigenvalue weighted by Crippen LogP contribution is 2.11. The molecule has 2 rings (SSSR count). The second-order valence-corrected chi connectivity index (χ2v) is 4.05. The summed E-state index contributed by atoms with van der Waals surface area (Å²) in [4.78, 5) is 10.4. The standard InChI is InChI=1S/C13H15N3O2/c17-13(18)9-5-4-8-12-15-14-10-16(12)11-6-2-1-3-7-11/h1-3,6-7,10H,4-5,8-9H2,(H,17,18). The normalized spacial score (nSPS) is 10.4. The van der Waals surface area contributed by atoms with Gasteiger partial charge in [-0.25, -0.2) is 0 Å². The van der Waals surface area contributed by atoms with E-state index in [1.807, 2.05) is 34.9 Å². The highest BCUT2D eigenvalue weighted by Gasteiger charge is 2.06. The summed E-state index contributed by atoms with van der Waals surface area (Å²) in [5.74, 6) is 0.117. The molecular formula is C13H15N3O2. The first-order valence-electron chi connectivity index (χ1n) is 5.93. The van der Waals surface area contributed by atoms with E-state index in [1.165, 1.54) is 0 Å². The highest BCUT2D eigenvalue weighted by molar-refractivity contribution is 5.66. The van der Waals surface area contributed by atoms with Crippen molar-refractivity contribution in [1.82, 2.24) is 14.8 Å². The van der Waals surface area contributed by atoms with Crippen molar-refractivity contribution < 1.29 is 9.90 Å². The quantitative estimate of drug-likeness (QED) is 0.791. The van der Waals surface area contributed by atoms with E-state index in [9.17, 15) is 4.79 Å². The molecular weight excluding hydrogens is 230 g/mol. The second kappa shape index (κ2) is 5.95. The van der Waals surface area contributed by atoms with Gasteiger partial charge in [-0.3, -0.25) is 9.36 Å². The predicted octanol–water partition coefficient (Wildman–Crippen LogP) is 2.06. The molecule has 5 nitrogen and oxygen atoms in total. The molecule has 0 spiro atoms. The summed E-state index contributed by atoms with van der Waals surface area (Å²) < 4.78 is 1.93. The first kappa shape index (κ1) is 12.3. The van der Waals surface area contributed by atoms with Crippen LogP contribution in [0.5, 0.6) is 0 Å². The van der Waals surface area contributed by atoms with Crippen LogP contribution < -0.4 is 0 Å². The number of benzene rings is 1. The molecule has 0 saturated heterocycles. The Balaban J connectivity index is 1.98. The molecule has 94 valence electrons. The Morgan fingerprint density at radius 2 is 2.00 bits per heavy atom. The zero-order chi connectivity index (χ0) is 12.8. The van der Waals surface area contributed by atoms with Crippen molar-refractivity contribution in [3.63, 3.8) is 0 Å². The zero-order valence-corrected chi connectivity index (χ0v) is 9.99. The molecule has 0 aliphatic rings. The first-order valence-corrected chi connectivity index (χ1v) is 5.93. The molecule has 5 heteroatoms. The number of carboxylic acids is 1. The topological polar surface area (TPSA) is 68.0 Å². The zero-order valence-electron chi connectivity index (χ0n) is 9.99. The van der Waals surface area contributed by atoms with Crippen LogP contribution in [0, 0.1) is 0 Å². The Labute approximate surface area is 105 Å². The fraction of sp³-hybridized carbons (Fsp3) is 0.308. The second-order valence-electron chi connectivity index (χ2n) is 4.05. The fourth-order valence-electron chi connectivity index (χ4n) is 1.79. The number of hydrogen-bond donors (Lipinski definition) is 1. The van der Waals surface area contributed by atoms with E-state index >= 15 is 0 Å². The number of nitrogens with zero attached hydrogens (tertiary/aromatic N) is 3. The van der Waals surface area contributed by atoms with E-state index in [2.05, 4.69) is 10.2 Å². The summed E-state index contributed by atoms with van der Waals surface area (Å²) in [6.07, 6.45) is 4.10. The lowest BCUT2D eigenvalue weighted by Gasteiger charge is -2.05. The fourth-order valence-corrected chi connectivity index (χ4v) is 1.79. The van der Waals surface area contributed by atoms with Gasteiger partial charge in [-0.1, -0.05) is 18.2 Å². The molecule has 0 bridgehead atoms. The largest absolute Gasteiger partial charge is 0.481 e. The summed E-state index contributed by atoms with van der Waals surface area (Å²) in [6, 6.07) is 9.86. The van der Waals surface area contributed by atoms with Crippen molar-refractivity contribution in [1.29, 1.82) is 0 Å². The maximum atomic E-state index is 10.4. The van der Waals surface area contributed by atoms with Crippen LogP contribution in [0.3, 0.4) is 0 Å². The van der Waals surface area contributed by atoms with Crippen molar-refractivity contribution in [2.24, 2.45) is 0 Å². The van der Waals surface area contributed by atoms with Crippen molar-refractivity contribution >= 4 is 5.97 Å². The molecule has 0 aliphatic carbocycles. The van der Waals surface area contributed by atoms with Crippen LogP contribution in [0.1, 0.15) is 25.1 Å². The maximum Gasteiger partial charge on any atom is 0.303 e. The van der Waals surface area contributed by atoms with E-state index in [1.54, 1.807) is 6.33 Å². The number of carbonyl (C=O) groups is 1. The van der Waals surface area contributed by atoms with Gasteiger partial charge in [0, 0.05) is 18.5 Å². The smallest absolute Gasteiger partial charge is 0.303 e. The van der Waals surface area contributed by atoms with Gasteiger partial charge in [0.25, 0.3) is 0 Å². The van der Waals surface area contributed by atoms with Crippen molar-refractivity contribution in [2.45, 2.75) is 25.7 Å². The van der Waals surface area contributed by atoms with E-state index in [0.717, 1.165) is 24.4 Å². The number of aliphatic carboxylic acids is 1. The first-order chi connectivity index (χ1) is 8.77. The van der Waals surface area contributed by atoms with E-state index in [4.69, 9.17) is 5.11 Å². The predicted molar refractivity (Wildman–Crippen MR) is 66.5 cm³/mol. The van der Waals surface area contributed by atoms with E-state index in [-0.39, 0.29) is 6.42 Å². The lowest BCUT2D eigenvalue weighted by molar-refractivity contribution is -0.137. The Morgan fingerprint density at radius 3 is 2.72 bits per heavy atom. The minimum absolute atomic E-state index is 0.208. The Morgan fingerprint density at radius 1 is 1.22 bits per heavy atom. The van der Waals surface area contributed by atoms with Gasteiger partial charge < -0.3 is 5.11 Å². The SMILES string of the molecule is O=C(O)CCCCc1nncn1-c1ccccc1. The molecule has 1 N–H and O–H groups in total. The third-order valence-corrected chi connectivity index (χ3v) is 2.69. The Hall–Kier alpha value is -2.17. The van der Waals surface area contributed by atoms with Crippen LogP contribution in [0.25, 0.3) is 5.69 Å². The van der Waals surface area contributed by atoms with Crippen LogP contribution >= 0.6 is 0 Å². The average molecular weight is 245 g/mol. The minimum atomic E-state index is -0.750. The third kappa shape index (κ3) is 3.16. The van der Waals surface area contributed by atoms with Crippen molar-refractivity contribution in [3.8, 4) is 5.69 Å². The van der Waals surface area contributed by atoms with Crippen LogP contribution in [-0.4, -0.2) is 25.8 Å².